The minimum Gasteiger partial charge on any atom is -0.457 e. The largest absolute Gasteiger partial charge is 0.457 e. The van der Waals surface area contributed by atoms with Crippen LogP contribution in [-0.2, 0) is 9.53 Å². The first-order valence-corrected chi connectivity index (χ1v) is 9.52. The molecule has 0 amide bonds. The molecule has 3 rings (SSSR count). The Labute approximate surface area is 165 Å². The Morgan fingerprint density at radius 1 is 0.885 bits per heavy atom. The summed E-state index contributed by atoms with van der Waals surface area (Å²) in [5, 5.41) is 2.91. The van der Waals surface area contributed by atoms with Crippen molar-refractivity contribution in [3.8, 4) is 0 Å². The van der Waals surface area contributed by atoms with E-state index >= 15 is 0 Å². The lowest BCUT2D eigenvalue weighted by Gasteiger charge is -2.06. The molecule has 0 aliphatic rings. The van der Waals surface area contributed by atoms with Crippen molar-refractivity contribution in [2.45, 2.75) is 4.90 Å². The van der Waals surface area contributed by atoms with Crippen molar-refractivity contribution in [1.29, 1.82) is 0 Å². The van der Waals surface area contributed by atoms with Crippen molar-refractivity contribution in [3.63, 3.8) is 0 Å². The van der Waals surface area contributed by atoms with E-state index in [9.17, 15) is 9.59 Å². The van der Waals surface area contributed by atoms with Crippen LogP contribution in [0.25, 0.3) is 10.8 Å². The van der Waals surface area contributed by atoms with Crippen LogP contribution < -0.4 is 0 Å². The van der Waals surface area contributed by atoms with E-state index in [0.29, 0.717) is 10.6 Å². The van der Waals surface area contributed by atoms with Gasteiger partial charge in [0.2, 0.25) is 0 Å². The first-order valence-electron chi connectivity index (χ1n) is 7.78. The summed E-state index contributed by atoms with van der Waals surface area (Å²) in [6, 6.07) is 18.6. The number of thioether (sulfide) groups is 1. The summed E-state index contributed by atoms with van der Waals surface area (Å²) in [6.45, 7) is -0.324. The van der Waals surface area contributed by atoms with Gasteiger partial charge < -0.3 is 4.74 Å². The molecular weight excluding hydrogens is 391 g/mol. The molecular formula is C20H14Cl2O3S. The Hall–Kier alpha value is -2.01. The van der Waals surface area contributed by atoms with Crippen LogP contribution in [0.5, 0.6) is 0 Å². The summed E-state index contributed by atoms with van der Waals surface area (Å²) in [7, 11) is 0. The zero-order chi connectivity index (χ0) is 18.5. The molecule has 0 saturated carbocycles. The number of Topliss-reactive ketones (excluding diaryl/α,β-unsaturated/α-hetero) is 1. The minimum atomic E-state index is -0.448. The molecule has 0 saturated heterocycles. The Balaban J connectivity index is 1.51. The van der Waals surface area contributed by atoms with Gasteiger partial charge in [0, 0.05) is 10.5 Å². The maximum absolute atomic E-state index is 12.0. The predicted molar refractivity (Wildman–Crippen MR) is 106 cm³/mol. The second-order valence-corrected chi connectivity index (χ2v) is 7.37. The van der Waals surface area contributed by atoms with Gasteiger partial charge in [-0.25, -0.2) is 0 Å². The number of rotatable bonds is 6. The van der Waals surface area contributed by atoms with Crippen molar-refractivity contribution in [1.82, 2.24) is 0 Å². The highest BCUT2D eigenvalue weighted by molar-refractivity contribution is 8.00. The summed E-state index contributed by atoms with van der Waals surface area (Å²) >= 11 is 13.1. The molecule has 26 heavy (non-hydrogen) atoms. The fourth-order valence-electron chi connectivity index (χ4n) is 2.34. The Morgan fingerprint density at radius 2 is 1.65 bits per heavy atom. The molecule has 0 radical (unpaired) electrons. The second kappa shape index (κ2) is 8.58. The summed E-state index contributed by atoms with van der Waals surface area (Å²) in [4.78, 5) is 24.9. The van der Waals surface area contributed by atoms with E-state index in [4.69, 9.17) is 27.9 Å². The van der Waals surface area contributed by atoms with Gasteiger partial charge in [0.05, 0.1) is 15.8 Å². The number of carbonyl (C=O) groups excluding carboxylic acids is 2. The summed E-state index contributed by atoms with van der Waals surface area (Å²) in [5.41, 5.74) is 0.356. The molecule has 0 spiro atoms. The van der Waals surface area contributed by atoms with Gasteiger partial charge in [0.1, 0.15) is 0 Å². The lowest BCUT2D eigenvalue weighted by molar-refractivity contribution is -0.139. The maximum atomic E-state index is 12.0. The topological polar surface area (TPSA) is 43.4 Å². The molecule has 0 heterocycles. The first kappa shape index (κ1) is 18.8. The van der Waals surface area contributed by atoms with E-state index in [2.05, 4.69) is 0 Å². The van der Waals surface area contributed by atoms with Crippen LogP contribution in [0.2, 0.25) is 10.0 Å². The van der Waals surface area contributed by atoms with Crippen LogP contribution >= 0.6 is 35.0 Å². The van der Waals surface area contributed by atoms with Crippen molar-refractivity contribution < 1.29 is 14.3 Å². The third kappa shape index (κ3) is 4.79. The Kier molecular flexibility index (Phi) is 6.20. The maximum Gasteiger partial charge on any atom is 0.316 e. The van der Waals surface area contributed by atoms with Gasteiger partial charge in [0.15, 0.2) is 12.4 Å². The zero-order valence-electron chi connectivity index (χ0n) is 13.6. The van der Waals surface area contributed by atoms with E-state index in [1.54, 1.807) is 6.07 Å². The minimum absolute atomic E-state index is 0.132. The van der Waals surface area contributed by atoms with E-state index in [1.807, 2.05) is 42.5 Å². The number of ether oxygens (including phenoxy) is 1. The lowest BCUT2D eigenvalue weighted by Crippen LogP contribution is -2.15. The van der Waals surface area contributed by atoms with Crippen molar-refractivity contribution in [2.75, 3.05) is 12.4 Å². The Bertz CT molecular complexity index is 972. The van der Waals surface area contributed by atoms with Crippen molar-refractivity contribution in [2.24, 2.45) is 0 Å². The third-order valence-electron chi connectivity index (χ3n) is 3.68. The van der Waals surface area contributed by atoms with Gasteiger partial charge >= 0.3 is 5.97 Å². The number of halogens is 2. The molecule has 0 atom stereocenters. The number of esters is 1. The molecule has 3 nitrogen and oxygen atoms in total. The van der Waals surface area contributed by atoms with Crippen LogP contribution in [-0.4, -0.2) is 24.1 Å². The van der Waals surface area contributed by atoms with Crippen LogP contribution in [0, 0.1) is 0 Å². The average Bonchev–Trinajstić information content (AvgIpc) is 2.66. The predicted octanol–water partition coefficient (Wildman–Crippen LogP) is 5.66. The van der Waals surface area contributed by atoms with E-state index in [0.717, 1.165) is 15.7 Å². The van der Waals surface area contributed by atoms with Crippen molar-refractivity contribution in [3.05, 3.63) is 76.3 Å². The van der Waals surface area contributed by atoms with Crippen LogP contribution in [0.15, 0.2) is 65.6 Å². The normalized spacial score (nSPS) is 10.7. The monoisotopic (exact) mass is 404 g/mol. The number of hydrogen-bond acceptors (Lipinski definition) is 4. The van der Waals surface area contributed by atoms with Gasteiger partial charge in [-0.2, -0.15) is 0 Å². The van der Waals surface area contributed by atoms with Gasteiger partial charge in [-0.05, 0) is 41.1 Å². The SMILES string of the molecule is O=C(CSc1ccc2ccccc2c1)OCC(=O)c1ccc(Cl)c(Cl)c1. The summed E-state index contributed by atoms with van der Waals surface area (Å²) in [5.74, 6) is -0.642. The zero-order valence-corrected chi connectivity index (χ0v) is 15.9. The number of benzene rings is 3. The summed E-state index contributed by atoms with van der Waals surface area (Å²) < 4.78 is 5.05. The lowest BCUT2D eigenvalue weighted by atomic mass is 10.1. The van der Waals surface area contributed by atoms with Crippen LogP contribution in [0.4, 0.5) is 0 Å². The molecule has 0 bridgehead atoms. The molecule has 3 aromatic rings. The van der Waals surface area contributed by atoms with E-state index < -0.39 is 5.97 Å². The first-order chi connectivity index (χ1) is 12.5. The van der Waals surface area contributed by atoms with Crippen LogP contribution in [0.1, 0.15) is 10.4 Å². The smallest absolute Gasteiger partial charge is 0.316 e. The summed E-state index contributed by atoms with van der Waals surface area (Å²) in [6.07, 6.45) is 0. The van der Waals surface area contributed by atoms with Gasteiger partial charge in [-0.3, -0.25) is 9.59 Å². The molecule has 0 aromatic heterocycles. The number of fused-ring (bicyclic) bond motifs is 1. The van der Waals surface area contributed by atoms with Gasteiger partial charge in [0.25, 0.3) is 0 Å². The quantitative estimate of drug-likeness (QED) is 0.301. The second-order valence-electron chi connectivity index (χ2n) is 5.51. The number of hydrogen-bond donors (Lipinski definition) is 0. The molecule has 0 aliphatic carbocycles. The van der Waals surface area contributed by atoms with Crippen molar-refractivity contribution >= 4 is 57.5 Å². The number of carbonyl (C=O) groups is 2. The molecule has 0 N–H and O–H groups in total. The standard InChI is InChI=1S/C20H14Cl2O3S/c21-17-8-6-15(10-18(17)22)19(23)11-25-20(24)12-26-16-7-5-13-3-1-2-4-14(13)9-16/h1-10H,11-12H2. The molecule has 0 fully saturated rings. The molecule has 3 aromatic carbocycles. The van der Waals surface area contributed by atoms with E-state index in [-0.39, 0.29) is 23.2 Å². The Morgan fingerprint density at radius 3 is 2.42 bits per heavy atom. The highest BCUT2D eigenvalue weighted by Crippen LogP contribution is 2.24. The third-order valence-corrected chi connectivity index (χ3v) is 5.39. The molecule has 0 unspecified atom stereocenters. The van der Waals surface area contributed by atoms with Gasteiger partial charge in [-0.15, -0.1) is 11.8 Å². The van der Waals surface area contributed by atoms with Gasteiger partial charge in [-0.1, -0.05) is 53.5 Å². The fourth-order valence-corrected chi connectivity index (χ4v) is 3.38. The molecule has 132 valence electrons. The molecule has 6 heteroatoms. The number of ketones is 1. The average molecular weight is 405 g/mol. The highest BCUT2D eigenvalue weighted by atomic mass is 35.5. The molecule has 0 aliphatic heterocycles. The highest BCUT2D eigenvalue weighted by Gasteiger charge is 2.12. The van der Waals surface area contributed by atoms with E-state index in [1.165, 1.54) is 23.9 Å². The fraction of sp³-hybridized carbons (Fsp3) is 0.100. The van der Waals surface area contributed by atoms with Crippen LogP contribution in [0.3, 0.4) is 0 Å².